The zero-order valence-electron chi connectivity index (χ0n) is 13.2. The highest BCUT2D eigenvalue weighted by atomic mass is 19.1. The van der Waals surface area contributed by atoms with Crippen molar-refractivity contribution in [3.8, 4) is 0 Å². The minimum Gasteiger partial charge on any atom is -0.395 e. The lowest BCUT2D eigenvalue weighted by atomic mass is 9.97. The first-order chi connectivity index (χ1) is 10.6. The van der Waals surface area contributed by atoms with E-state index in [1.807, 2.05) is 17.9 Å². The normalized spacial score (nSPS) is 17.5. The maximum Gasteiger partial charge on any atom is 0.222 e. The average Bonchev–Trinajstić information content (AvgIpc) is 2.48. The molecule has 1 aliphatic heterocycles. The molecule has 1 N–H and O–H groups in total. The first-order valence-corrected chi connectivity index (χ1v) is 7.94. The Bertz CT molecular complexity index is 487. The van der Waals surface area contributed by atoms with Crippen LogP contribution in [-0.4, -0.2) is 60.1 Å². The summed E-state index contributed by atoms with van der Waals surface area (Å²) in [5.74, 6) is 0.147. The Hall–Kier alpha value is -1.46. The standard InChI is InChI=1S/C17H25FN2O2/c1-14(11-15-3-2-4-16(18)13-15)12-17(22)20-7-5-19(6-8-20)9-10-21/h2-4,13-14,21H,5-12H2,1H3. The first-order valence-electron chi connectivity index (χ1n) is 7.94. The van der Waals surface area contributed by atoms with Gasteiger partial charge < -0.3 is 10.0 Å². The summed E-state index contributed by atoms with van der Waals surface area (Å²) in [6.45, 7) is 5.98. The van der Waals surface area contributed by atoms with Crippen LogP contribution in [0, 0.1) is 11.7 Å². The predicted molar refractivity (Wildman–Crippen MR) is 84.0 cm³/mol. The molecule has 1 saturated heterocycles. The van der Waals surface area contributed by atoms with Crippen LogP contribution in [0.25, 0.3) is 0 Å². The smallest absolute Gasteiger partial charge is 0.222 e. The van der Waals surface area contributed by atoms with Gasteiger partial charge in [-0.15, -0.1) is 0 Å². The van der Waals surface area contributed by atoms with Gasteiger partial charge in [0.2, 0.25) is 5.91 Å². The summed E-state index contributed by atoms with van der Waals surface area (Å²) in [5.41, 5.74) is 0.938. The van der Waals surface area contributed by atoms with E-state index in [1.54, 1.807) is 6.07 Å². The molecule has 122 valence electrons. The van der Waals surface area contributed by atoms with Crippen LogP contribution < -0.4 is 0 Å². The number of benzene rings is 1. The summed E-state index contributed by atoms with van der Waals surface area (Å²) >= 11 is 0. The molecule has 4 nitrogen and oxygen atoms in total. The van der Waals surface area contributed by atoms with Gasteiger partial charge in [0.1, 0.15) is 5.82 Å². The highest BCUT2D eigenvalue weighted by Gasteiger charge is 2.22. The van der Waals surface area contributed by atoms with Crippen molar-refractivity contribution in [2.24, 2.45) is 5.92 Å². The SMILES string of the molecule is CC(CC(=O)N1CCN(CCO)CC1)Cc1cccc(F)c1. The van der Waals surface area contributed by atoms with Crippen LogP contribution >= 0.6 is 0 Å². The van der Waals surface area contributed by atoms with Crippen molar-refractivity contribution in [3.05, 3.63) is 35.6 Å². The van der Waals surface area contributed by atoms with Gasteiger partial charge in [-0.1, -0.05) is 19.1 Å². The van der Waals surface area contributed by atoms with E-state index < -0.39 is 0 Å². The number of carbonyl (C=O) groups excluding carboxylic acids is 1. The van der Waals surface area contributed by atoms with Crippen molar-refractivity contribution in [3.63, 3.8) is 0 Å². The van der Waals surface area contributed by atoms with Crippen molar-refractivity contribution >= 4 is 5.91 Å². The topological polar surface area (TPSA) is 43.8 Å². The molecular weight excluding hydrogens is 283 g/mol. The van der Waals surface area contributed by atoms with Crippen molar-refractivity contribution in [1.29, 1.82) is 0 Å². The zero-order chi connectivity index (χ0) is 15.9. The van der Waals surface area contributed by atoms with E-state index in [-0.39, 0.29) is 24.2 Å². The third-order valence-corrected chi connectivity index (χ3v) is 4.14. The van der Waals surface area contributed by atoms with Crippen molar-refractivity contribution in [2.45, 2.75) is 19.8 Å². The van der Waals surface area contributed by atoms with Crippen molar-refractivity contribution < 1.29 is 14.3 Å². The molecule has 1 fully saturated rings. The number of amides is 1. The summed E-state index contributed by atoms with van der Waals surface area (Å²) in [6, 6.07) is 6.58. The van der Waals surface area contributed by atoms with Gasteiger partial charge in [0.05, 0.1) is 6.61 Å². The summed E-state index contributed by atoms with van der Waals surface area (Å²) in [6.07, 6.45) is 1.21. The molecule has 0 spiro atoms. The molecule has 1 aromatic carbocycles. The highest BCUT2D eigenvalue weighted by molar-refractivity contribution is 5.76. The fraction of sp³-hybridized carbons (Fsp3) is 0.588. The second kappa shape index (κ2) is 8.25. The number of hydrogen-bond acceptors (Lipinski definition) is 3. The number of β-amino-alcohol motifs (C(OH)–C–C–N with tert-alkyl or cyclic N) is 1. The number of carbonyl (C=O) groups is 1. The Labute approximate surface area is 131 Å². The van der Waals surface area contributed by atoms with Crippen LogP contribution in [0.3, 0.4) is 0 Å². The lowest BCUT2D eigenvalue weighted by molar-refractivity contribution is -0.133. The third kappa shape index (κ3) is 5.07. The van der Waals surface area contributed by atoms with Crippen LogP contribution in [-0.2, 0) is 11.2 Å². The second-order valence-electron chi connectivity index (χ2n) is 6.09. The van der Waals surface area contributed by atoms with Gasteiger partial charge >= 0.3 is 0 Å². The molecule has 0 aliphatic carbocycles. The quantitative estimate of drug-likeness (QED) is 0.867. The molecular formula is C17H25FN2O2. The molecule has 22 heavy (non-hydrogen) atoms. The third-order valence-electron chi connectivity index (χ3n) is 4.14. The number of hydrogen-bond donors (Lipinski definition) is 1. The molecule has 1 unspecified atom stereocenters. The van der Waals surface area contributed by atoms with Crippen LogP contribution in [0.5, 0.6) is 0 Å². The monoisotopic (exact) mass is 308 g/mol. The second-order valence-corrected chi connectivity index (χ2v) is 6.09. The maximum atomic E-state index is 13.2. The average molecular weight is 308 g/mol. The van der Waals surface area contributed by atoms with Gasteiger partial charge in [-0.2, -0.15) is 0 Å². The minimum atomic E-state index is -0.226. The predicted octanol–water partition coefficient (Wildman–Crippen LogP) is 1.53. The van der Waals surface area contributed by atoms with E-state index in [4.69, 9.17) is 5.11 Å². The molecule has 1 amide bonds. The number of aliphatic hydroxyl groups excluding tert-OH is 1. The Balaban J connectivity index is 1.77. The van der Waals surface area contributed by atoms with Crippen molar-refractivity contribution in [2.75, 3.05) is 39.3 Å². The number of aliphatic hydroxyl groups is 1. The number of rotatable bonds is 6. The summed E-state index contributed by atoms with van der Waals surface area (Å²) < 4.78 is 13.2. The molecule has 0 bridgehead atoms. The Morgan fingerprint density at radius 3 is 2.68 bits per heavy atom. The fourth-order valence-electron chi connectivity index (χ4n) is 2.93. The first kappa shape index (κ1) is 16.9. The van der Waals surface area contributed by atoms with Crippen LogP contribution in [0.2, 0.25) is 0 Å². The van der Waals surface area contributed by atoms with Gasteiger partial charge in [0.25, 0.3) is 0 Å². The van der Waals surface area contributed by atoms with E-state index >= 15 is 0 Å². The van der Waals surface area contributed by atoms with Crippen LogP contribution in [0.15, 0.2) is 24.3 Å². The van der Waals surface area contributed by atoms with Gasteiger partial charge in [-0.05, 0) is 30.0 Å². The molecule has 1 aliphatic rings. The lowest BCUT2D eigenvalue weighted by Gasteiger charge is -2.34. The number of halogens is 1. The Morgan fingerprint density at radius 2 is 2.05 bits per heavy atom. The Kier molecular flexibility index (Phi) is 6.34. The van der Waals surface area contributed by atoms with Crippen LogP contribution in [0.4, 0.5) is 4.39 Å². The molecule has 2 rings (SSSR count). The molecule has 1 atom stereocenters. The summed E-state index contributed by atoms with van der Waals surface area (Å²) in [7, 11) is 0. The summed E-state index contributed by atoms with van der Waals surface area (Å²) in [5, 5.41) is 8.92. The van der Waals surface area contributed by atoms with E-state index in [9.17, 15) is 9.18 Å². The fourth-order valence-corrected chi connectivity index (χ4v) is 2.93. The van der Waals surface area contributed by atoms with E-state index in [2.05, 4.69) is 4.90 Å². The molecule has 0 saturated carbocycles. The molecule has 0 aromatic heterocycles. The molecule has 1 heterocycles. The van der Waals surface area contributed by atoms with Gasteiger partial charge in [-0.25, -0.2) is 4.39 Å². The zero-order valence-corrected chi connectivity index (χ0v) is 13.2. The minimum absolute atomic E-state index is 0.165. The Morgan fingerprint density at radius 1 is 1.32 bits per heavy atom. The van der Waals surface area contributed by atoms with Gasteiger partial charge in [-0.3, -0.25) is 9.69 Å². The number of nitrogens with zero attached hydrogens (tertiary/aromatic N) is 2. The largest absolute Gasteiger partial charge is 0.395 e. The lowest BCUT2D eigenvalue weighted by Crippen LogP contribution is -2.49. The molecule has 5 heteroatoms. The highest BCUT2D eigenvalue weighted by Crippen LogP contribution is 2.15. The number of piperazine rings is 1. The molecule has 0 radical (unpaired) electrons. The maximum absolute atomic E-state index is 13.2. The van der Waals surface area contributed by atoms with E-state index in [1.165, 1.54) is 12.1 Å². The van der Waals surface area contributed by atoms with E-state index in [0.29, 0.717) is 19.4 Å². The summed E-state index contributed by atoms with van der Waals surface area (Å²) in [4.78, 5) is 16.4. The van der Waals surface area contributed by atoms with E-state index in [0.717, 1.165) is 31.7 Å². The van der Waals surface area contributed by atoms with Gasteiger partial charge in [0.15, 0.2) is 0 Å². The van der Waals surface area contributed by atoms with Crippen LogP contribution in [0.1, 0.15) is 18.9 Å². The van der Waals surface area contributed by atoms with Crippen molar-refractivity contribution in [1.82, 2.24) is 9.80 Å². The van der Waals surface area contributed by atoms with Gasteiger partial charge in [0, 0.05) is 39.1 Å². The molecule has 1 aromatic rings.